The van der Waals surface area contributed by atoms with Crippen molar-refractivity contribution in [1.82, 2.24) is 15.3 Å². The number of nitrogens with one attached hydrogen (secondary N) is 1. The Labute approximate surface area is 110 Å². The number of hydrogen-bond acceptors (Lipinski definition) is 5. The Balaban J connectivity index is 2.50. The molecular formula is C9H9F3N4O2S. The van der Waals surface area contributed by atoms with Gasteiger partial charge in [-0.1, -0.05) is 11.8 Å². The topological polar surface area (TPSA) is 98.0 Å². The molecule has 19 heavy (non-hydrogen) atoms. The summed E-state index contributed by atoms with van der Waals surface area (Å²) in [5.41, 5.74) is 3.67. The molecule has 0 saturated heterocycles. The summed E-state index contributed by atoms with van der Waals surface area (Å²) >= 11 is 0.871. The van der Waals surface area contributed by atoms with E-state index in [4.69, 9.17) is 5.73 Å². The molecule has 1 aromatic heterocycles. The summed E-state index contributed by atoms with van der Waals surface area (Å²) in [6, 6.07) is -0.227. The molecule has 0 atom stereocenters. The van der Waals surface area contributed by atoms with E-state index in [0.717, 1.165) is 24.0 Å². The van der Waals surface area contributed by atoms with Crippen LogP contribution in [0, 0.1) is 0 Å². The highest BCUT2D eigenvalue weighted by Crippen LogP contribution is 2.28. The molecule has 0 aliphatic heterocycles. The van der Waals surface area contributed by atoms with Crippen molar-refractivity contribution in [3.63, 3.8) is 0 Å². The second kappa shape index (κ2) is 6.36. The predicted molar refractivity (Wildman–Crippen MR) is 60.1 cm³/mol. The largest absolute Gasteiger partial charge is 0.433 e. The van der Waals surface area contributed by atoms with Crippen molar-refractivity contribution >= 4 is 23.7 Å². The third kappa shape index (κ3) is 5.55. The SMILES string of the molecule is NC(=O)NC(=O)CCSc1nccc(C(F)(F)F)n1. The van der Waals surface area contributed by atoms with Gasteiger partial charge in [0.1, 0.15) is 5.69 Å². The summed E-state index contributed by atoms with van der Waals surface area (Å²) in [5, 5.41) is 1.73. The number of nitrogens with two attached hydrogens (primary N) is 1. The van der Waals surface area contributed by atoms with Crippen molar-refractivity contribution in [2.75, 3.05) is 5.75 Å². The number of nitrogens with zero attached hydrogens (tertiary/aromatic N) is 2. The monoisotopic (exact) mass is 294 g/mol. The first-order valence-electron chi connectivity index (χ1n) is 4.91. The lowest BCUT2D eigenvalue weighted by atomic mass is 10.4. The lowest BCUT2D eigenvalue weighted by molar-refractivity contribution is -0.141. The molecule has 0 unspecified atom stereocenters. The van der Waals surface area contributed by atoms with Crippen LogP contribution in [0.5, 0.6) is 0 Å². The number of carbonyl (C=O) groups is 2. The Kier molecular flexibility index (Phi) is 5.10. The van der Waals surface area contributed by atoms with Crippen LogP contribution in [0.25, 0.3) is 0 Å². The molecule has 0 aliphatic carbocycles. The van der Waals surface area contributed by atoms with Gasteiger partial charge in [-0.15, -0.1) is 0 Å². The van der Waals surface area contributed by atoms with Gasteiger partial charge in [-0.25, -0.2) is 14.8 Å². The van der Waals surface area contributed by atoms with Crippen LogP contribution in [0.4, 0.5) is 18.0 Å². The van der Waals surface area contributed by atoms with E-state index in [0.29, 0.717) is 0 Å². The first kappa shape index (κ1) is 15.2. The van der Waals surface area contributed by atoms with Crippen molar-refractivity contribution in [3.05, 3.63) is 18.0 Å². The van der Waals surface area contributed by atoms with Crippen LogP contribution >= 0.6 is 11.8 Å². The molecule has 3 N–H and O–H groups in total. The van der Waals surface area contributed by atoms with Crippen molar-refractivity contribution in [2.24, 2.45) is 5.73 Å². The number of imide groups is 1. The highest BCUT2D eigenvalue weighted by Gasteiger charge is 2.32. The minimum absolute atomic E-state index is 0.0901. The molecule has 0 spiro atoms. The molecule has 0 radical (unpaired) electrons. The van der Waals surface area contributed by atoms with Gasteiger partial charge < -0.3 is 5.73 Å². The first-order chi connectivity index (χ1) is 8.79. The van der Waals surface area contributed by atoms with Gasteiger partial charge in [-0.3, -0.25) is 10.1 Å². The molecule has 0 aromatic carbocycles. The second-order valence-corrected chi connectivity index (χ2v) is 4.30. The maximum atomic E-state index is 12.3. The Morgan fingerprint density at radius 3 is 2.68 bits per heavy atom. The van der Waals surface area contributed by atoms with E-state index in [1.165, 1.54) is 0 Å². The zero-order chi connectivity index (χ0) is 14.5. The van der Waals surface area contributed by atoms with Crippen LogP contribution in [0.1, 0.15) is 12.1 Å². The number of amides is 3. The minimum Gasteiger partial charge on any atom is -0.351 e. The van der Waals surface area contributed by atoms with E-state index < -0.39 is 23.8 Å². The first-order valence-corrected chi connectivity index (χ1v) is 5.90. The van der Waals surface area contributed by atoms with Gasteiger partial charge in [-0.05, 0) is 6.07 Å². The van der Waals surface area contributed by atoms with E-state index in [1.807, 2.05) is 5.32 Å². The fraction of sp³-hybridized carbons (Fsp3) is 0.333. The third-order valence-corrected chi connectivity index (χ3v) is 2.61. The van der Waals surface area contributed by atoms with Gasteiger partial charge in [0.25, 0.3) is 0 Å². The normalized spacial score (nSPS) is 11.1. The smallest absolute Gasteiger partial charge is 0.351 e. The van der Waals surface area contributed by atoms with E-state index in [-0.39, 0.29) is 17.3 Å². The zero-order valence-electron chi connectivity index (χ0n) is 9.40. The summed E-state index contributed by atoms with van der Waals surface area (Å²) in [4.78, 5) is 28.3. The van der Waals surface area contributed by atoms with Crippen LogP contribution in [0.3, 0.4) is 0 Å². The number of aromatic nitrogens is 2. The van der Waals surface area contributed by atoms with Gasteiger partial charge in [0.2, 0.25) is 5.91 Å². The standard InChI is InChI=1S/C9H9F3N4O2S/c10-9(11,12)5-1-3-14-8(15-5)19-4-2-6(17)16-7(13)18/h1,3H,2,4H2,(H3,13,16,17,18). The van der Waals surface area contributed by atoms with Crippen LogP contribution in [-0.2, 0) is 11.0 Å². The Morgan fingerprint density at radius 1 is 1.42 bits per heavy atom. The molecule has 0 saturated carbocycles. The molecule has 3 amide bonds. The van der Waals surface area contributed by atoms with Gasteiger partial charge in [-0.2, -0.15) is 13.2 Å². The third-order valence-electron chi connectivity index (χ3n) is 1.75. The number of rotatable bonds is 4. The molecular weight excluding hydrogens is 285 g/mol. The number of primary amides is 1. The molecule has 1 heterocycles. The van der Waals surface area contributed by atoms with Crippen molar-refractivity contribution in [3.8, 4) is 0 Å². The molecule has 1 aromatic rings. The van der Waals surface area contributed by atoms with Gasteiger partial charge in [0.15, 0.2) is 5.16 Å². The predicted octanol–water partition coefficient (Wildman–Crippen LogP) is 1.17. The minimum atomic E-state index is -4.54. The fourth-order valence-electron chi connectivity index (χ4n) is 1.00. The molecule has 10 heteroatoms. The fourth-order valence-corrected chi connectivity index (χ4v) is 1.77. The molecule has 104 valence electrons. The van der Waals surface area contributed by atoms with Crippen molar-refractivity contribution in [1.29, 1.82) is 0 Å². The quantitative estimate of drug-likeness (QED) is 0.641. The summed E-state index contributed by atoms with van der Waals surface area (Å²) in [6.45, 7) is 0. The molecule has 6 nitrogen and oxygen atoms in total. The van der Waals surface area contributed by atoms with E-state index in [9.17, 15) is 22.8 Å². The number of carbonyl (C=O) groups excluding carboxylic acids is 2. The Morgan fingerprint density at radius 2 is 2.11 bits per heavy atom. The maximum Gasteiger partial charge on any atom is 0.433 e. The molecule has 1 rings (SSSR count). The number of alkyl halides is 3. The van der Waals surface area contributed by atoms with Crippen LogP contribution in [0.2, 0.25) is 0 Å². The van der Waals surface area contributed by atoms with E-state index in [2.05, 4.69) is 9.97 Å². The summed E-state index contributed by atoms with van der Waals surface area (Å²) in [6.07, 6.45) is -3.64. The average Bonchev–Trinajstić information content (AvgIpc) is 2.27. The summed E-state index contributed by atoms with van der Waals surface area (Å²) in [7, 11) is 0. The maximum absolute atomic E-state index is 12.3. The average molecular weight is 294 g/mol. The lowest BCUT2D eigenvalue weighted by Crippen LogP contribution is -2.35. The molecule has 0 aliphatic rings. The van der Waals surface area contributed by atoms with Crippen molar-refractivity contribution < 1.29 is 22.8 Å². The van der Waals surface area contributed by atoms with Crippen LogP contribution in [-0.4, -0.2) is 27.7 Å². The lowest BCUT2D eigenvalue weighted by Gasteiger charge is -2.06. The highest BCUT2D eigenvalue weighted by molar-refractivity contribution is 7.99. The Hall–Kier alpha value is -1.84. The highest BCUT2D eigenvalue weighted by atomic mass is 32.2. The summed E-state index contributed by atoms with van der Waals surface area (Å²) < 4.78 is 37.0. The Bertz CT molecular complexity index is 481. The van der Waals surface area contributed by atoms with E-state index in [1.54, 1.807) is 0 Å². The van der Waals surface area contributed by atoms with Crippen molar-refractivity contribution in [2.45, 2.75) is 17.8 Å². The molecule has 0 fully saturated rings. The summed E-state index contributed by atoms with van der Waals surface area (Å²) in [5.74, 6) is -0.493. The number of hydrogen-bond donors (Lipinski definition) is 2. The zero-order valence-corrected chi connectivity index (χ0v) is 10.2. The number of halogens is 3. The van der Waals surface area contributed by atoms with Gasteiger partial charge in [0, 0.05) is 18.4 Å². The second-order valence-electron chi connectivity index (χ2n) is 3.23. The van der Waals surface area contributed by atoms with Gasteiger partial charge in [0.05, 0.1) is 0 Å². The number of thioether (sulfide) groups is 1. The van der Waals surface area contributed by atoms with Crippen LogP contribution < -0.4 is 11.1 Å². The van der Waals surface area contributed by atoms with E-state index >= 15 is 0 Å². The van der Waals surface area contributed by atoms with Gasteiger partial charge >= 0.3 is 12.2 Å². The molecule has 0 bridgehead atoms. The van der Waals surface area contributed by atoms with Crippen LogP contribution in [0.15, 0.2) is 17.4 Å². The number of urea groups is 1.